The van der Waals surface area contributed by atoms with Crippen LogP contribution in [0.4, 0.5) is 22.4 Å². The van der Waals surface area contributed by atoms with E-state index in [0.717, 1.165) is 4.90 Å². The SMILES string of the molecule is C[C@H]1CC/C=C\C2C[C@@]2(C(=O)NS(=O)(=O)C2(CF)CC2)NC(=O)[C@@H]2C[C@@H](Oc3nccc4c5c(ccc34)OCCO5)CN2C(=O)[C@@H](NC(=O)OC(C)(C)C(F)(F)F)[C@H](C)C1. The number of alkyl halides is 4. The van der Waals surface area contributed by atoms with Gasteiger partial charge in [0.2, 0.25) is 33.3 Å². The van der Waals surface area contributed by atoms with Crippen LogP contribution in [0, 0.1) is 17.8 Å². The van der Waals surface area contributed by atoms with Crippen LogP contribution in [0.3, 0.4) is 0 Å². The monoisotopic (exact) mass is 867 g/mol. The van der Waals surface area contributed by atoms with Crippen LogP contribution >= 0.6 is 0 Å². The number of rotatable bonds is 8. The molecule has 1 saturated heterocycles. The summed E-state index contributed by atoms with van der Waals surface area (Å²) in [6.07, 6.45) is -1.08. The highest BCUT2D eigenvalue weighted by Crippen LogP contribution is 2.48. The lowest BCUT2D eigenvalue weighted by Gasteiger charge is -2.34. The Labute approximate surface area is 344 Å². The number of nitrogens with one attached hydrogen (secondary N) is 3. The third-order valence-corrected chi connectivity index (χ3v) is 14.4. The molecule has 3 fully saturated rings. The van der Waals surface area contributed by atoms with Crippen LogP contribution < -0.4 is 29.6 Å². The molecule has 2 aromatic rings. The van der Waals surface area contributed by atoms with Crippen molar-refractivity contribution in [1.29, 1.82) is 0 Å². The van der Waals surface area contributed by atoms with Crippen LogP contribution in [0.2, 0.25) is 0 Å². The van der Waals surface area contributed by atoms with Crippen LogP contribution in [0.5, 0.6) is 17.4 Å². The van der Waals surface area contributed by atoms with E-state index >= 15 is 0 Å². The molecule has 1 aromatic heterocycles. The lowest BCUT2D eigenvalue weighted by Crippen LogP contribution is -2.60. The van der Waals surface area contributed by atoms with Gasteiger partial charge in [0, 0.05) is 29.3 Å². The third kappa shape index (κ3) is 8.27. The van der Waals surface area contributed by atoms with Crippen molar-refractivity contribution in [2.45, 2.75) is 113 Å². The number of allylic oxidation sites excluding steroid dienone is 1. The number of hydrogen-bond donors (Lipinski definition) is 3. The molecule has 0 bridgehead atoms. The molecule has 5 aliphatic rings. The quantitative estimate of drug-likeness (QED) is 0.248. The zero-order valence-electron chi connectivity index (χ0n) is 33.6. The highest BCUT2D eigenvalue weighted by molar-refractivity contribution is 7.91. The van der Waals surface area contributed by atoms with E-state index in [0.29, 0.717) is 68.6 Å². The number of ether oxygens (including phenoxy) is 4. The number of amides is 4. The predicted molar refractivity (Wildman–Crippen MR) is 206 cm³/mol. The Balaban J connectivity index is 1.23. The summed E-state index contributed by atoms with van der Waals surface area (Å²) in [5.74, 6) is -3.00. The zero-order valence-corrected chi connectivity index (χ0v) is 34.4. The molecule has 7 rings (SSSR count). The van der Waals surface area contributed by atoms with Crippen LogP contribution in [0.25, 0.3) is 10.8 Å². The Morgan fingerprint density at radius 3 is 2.50 bits per heavy atom. The summed E-state index contributed by atoms with van der Waals surface area (Å²) < 4.78 is 105. The van der Waals surface area contributed by atoms with Gasteiger partial charge in [-0.25, -0.2) is 22.6 Å². The normalized spacial score (nSPS) is 29.8. The molecule has 1 aromatic carbocycles. The highest BCUT2D eigenvalue weighted by atomic mass is 32.2. The van der Waals surface area contributed by atoms with Gasteiger partial charge in [0.15, 0.2) is 11.5 Å². The van der Waals surface area contributed by atoms with Crippen LogP contribution in [0.1, 0.15) is 72.6 Å². The Hall–Kier alpha value is -4.88. The number of nitrogens with zero attached hydrogens (tertiary/aromatic N) is 2. The van der Waals surface area contributed by atoms with E-state index in [1.807, 2.05) is 11.6 Å². The molecule has 3 aliphatic heterocycles. The molecule has 0 spiro atoms. The number of fused-ring (bicyclic) bond motifs is 5. The van der Waals surface area contributed by atoms with Crippen molar-refractivity contribution in [3.8, 4) is 17.4 Å². The molecular formula is C40H49F4N5O10S. The number of hydrogen-bond acceptors (Lipinski definition) is 11. The van der Waals surface area contributed by atoms with Gasteiger partial charge in [0.1, 0.15) is 48.4 Å². The van der Waals surface area contributed by atoms with E-state index in [1.54, 1.807) is 37.3 Å². The largest absolute Gasteiger partial charge is 0.486 e. The zero-order chi connectivity index (χ0) is 43.4. The Morgan fingerprint density at radius 1 is 1.07 bits per heavy atom. The molecule has 15 nitrogen and oxygen atoms in total. The second kappa shape index (κ2) is 15.9. The van der Waals surface area contributed by atoms with E-state index in [9.17, 15) is 45.2 Å². The first kappa shape index (κ1) is 43.2. The van der Waals surface area contributed by atoms with Gasteiger partial charge in [-0.3, -0.25) is 19.1 Å². The average Bonchev–Trinajstić information content (AvgIpc) is 4.09. The topological polar surface area (TPSA) is 192 Å². The van der Waals surface area contributed by atoms with Crippen molar-refractivity contribution < 1.29 is 64.1 Å². The van der Waals surface area contributed by atoms with E-state index in [1.165, 1.54) is 6.20 Å². The number of benzene rings is 1. The smallest absolute Gasteiger partial charge is 0.427 e. The van der Waals surface area contributed by atoms with E-state index < -0.39 is 92.6 Å². The third-order valence-electron chi connectivity index (χ3n) is 12.3. The molecule has 0 radical (unpaired) electrons. The minimum absolute atomic E-state index is 0.00739. The van der Waals surface area contributed by atoms with Gasteiger partial charge in [0.25, 0.3) is 5.91 Å². The number of aromatic nitrogens is 1. The summed E-state index contributed by atoms with van der Waals surface area (Å²) in [6.45, 7) is 4.13. The summed E-state index contributed by atoms with van der Waals surface area (Å²) in [7, 11) is -4.47. The van der Waals surface area contributed by atoms with Crippen molar-refractivity contribution in [3.05, 3.63) is 36.5 Å². The highest BCUT2D eigenvalue weighted by Gasteiger charge is 2.64. The fourth-order valence-electron chi connectivity index (χ4n) is 8.19. The fraction of sp³-hybridized carbons (Fsp3) is 0.625. The summed E-state index contributed by atoms with van der Waals surface area (Å²) in [6, 6.07) is 2.26. The fourth-order valence-corrected chi connectivity index (χ4v) is 9.61. The molecule has 1 unspecified atom stereocenters. The van der Waals surface area contributed by atoms with Gasteiger partial charge in [-0.1, -0.05) is 26.0 Å². The van der Waals surface area contributed by atoms with Crippen molar-refractivity contribution >= 4 is 44.6 Å². The first-order valence-corrected chi connectivity index (χ1v) is 21.5. The van der Waals surface area contributed by atoms with Gasteiger partial charge in [-0.05, 0) is 82.4 Å². The van der Waals surface area contributed by atoms with Crippen molar-refractivity contribution in [1.82, 2.24) is 25.2 Å². The number of pyridine rings is 1. The summed E-state index contributed by atoms with van der Waals surface area (Å²) in [5, 5.41) is 6.24. The van der Waals surface area contributed by atoms with Gasteiger partial charge in [0.05, 0.1) is 6.54 Å². The van der Waals surface area contributed by atoms with Crippen molar-refractivity contribution in [2.24, 2.45) is 17.8 Å². The van der Waals surface area contributed by atoms with Gasteiger partial charge < -0.3 is 34.5 Å². The standard InChI is InChI=1S/C40H49F4N5O10S/c1-22-7-5-6-8-24-19-39(24,35(52)48-60(54,55)38(21-41)12-13-38)47-32(50)28-18-25(58-33-27-9-10-29-31(57-16-15-56-29)26(27)11-14-45-33)20-49(28)34(51)30(23(2)17-22)46-36(53)59-37(3,4)40(42,43)44/h6,8-11,14,22-25,28,30H,5,7,12-13,15-21H2,1-4H3,(H,46,53)(H,47,50)(H,48,52)/b8-6-/t22-,23+,24?,25+,28-,30-,39+/m0/s1. The Bertz CT molecular complexity index is 2180. The van der Waals surface area contributed by atoms with E-state index in [4.69, 9.17) is 18.9 Å². The van der Waals surface area contributed by atoms with Gasteiger partial charge >= 0.3 is 12.3 Å². The molecule has 7 atom stereocenters. The van der Waals surface area contributed by atoms with Crippen LogP contribution in [-0.4, -0.2) is 109 Å². The molecule has 60 heavy (non-hydrogen) atoms. The molecule has 4 amide bonds. The van der Waals surface area contributed by atoms with E-state index in [-0.39, 0.29) is 44.0 Å². The number of alkyl carbamates (subject to hydrolysis) is 1. The minimum Gasteiger partial charge on any atom is -0.486 e. The summed E-state index contributed by atoms with van der Waals surface area (Å²) >= 11 is 0. The first-order valence-electron chi connectivity index (χ1n) is 20.0. The molecule has 2 aliphatic carbocycles. The molecule has 328 valence electrons. The first-order chi connectivity index (χ1) is 28.2. The van der Waals surface area contributed by atoms with E-state index in [2.05, 4.69) is 15.6 Å². The lowest BCUT2D eigenvalue weighted by atomic mass is 9.88. The second-order valence-electron chi connectivity index (χ2n) is 17.1. The number of halogens is 4. The molecule has 4 heterocycles. The number of carbonyl (C=O) groups is 4. The van der Waals surface area contributed by atoms with Crippen molar-refractivity contribution in [3.63, 3.8) is 0 Å². The maximum Gasteiger partial charge on any atom is 0.427 e. The maximum atomic E-state index is 14.8. The lowest BCUT2D eigenvalue weighted by molar-refractivity contribution is -0.244. The van der Waals surface area contributed by atoms with Crippen molar-refractivity contribution in [2.75, 3.05) is 26.4 Å². The second-order valence-corrected chi connectivity index (χ2v) is 19.2. The van der Waals surface area contributed by atoms with Crippen LogP contribution in [0.15, 0.2) is 36.5 Å². The minimum atomic E-state index is -4.94. The molecular weight excluding hydrogens is 819 g/mol. The maximum absolute atomic E-state index is 14.8. The molecule has 20 heteroatoms. The molecule has 2 saturated carbocycles. The average molecular weight is 868 g/mol. The number of carbonyl (C=O) groups excluding carboxylic acids is 4. The summed E-state index contributed by atoms with van der Waals surface area (Å²) in [4.78, 5) is 62.0. The Morgan fingerprint density at radius 2 is 1.80 bits per heavy atom. The summed E-state index contributed by atoms with van der Waals surface area (Å²) in [5.41, 5.74) is -4.69. The van der Waals surface area contributed by atoms with Gasteiger partial charge in [-0.2, -0.15) is 13.2 Å². The van der Waals surface area contributed by atoms with Gasteiger partial charge in [-0.15, -0.1) is 0 Å². The van der Waals surface area contributed by atoms with Crippen LogP contribution in [-0.2, 0) is 29.1 Å². The predicted octanol–water partition coefficient (Wildman–Crippen LogP) is 4.63. The Kier molecular flexibility index (Phi) is 11.4. The molecule has 3 N–H and O–H groups in total. The number of sulfonamides is 1.